The van der Waals surface area contributed by atoms with Crippen LogP contribution in [0.3, 0.4) is 0 Å². The van der Waals surface area contributed by atoms with Gasteiger partial charge in [0.2, 0.25) is 0 Å². The molecule has 1 heterocycles. The summed E-state index contributed by atoms with van der Waals surface area (Å²) in [4.78, 5) is 37.4. The molecule has 25 heavy (non-hydrogen) atoms. The van der Waals surface area contributed by atoms with Crippen molar-refractivity contribution in [3.8, 4) is 5.75 Å². The number of aromatic carboxylic acids is 2. The van der Waals surface area contributed by atoms with E-state index in [4.69, 9.17) is 26.6 Å². The number of hydrogen-bond donors (Lipinski definition) is 2. The van der Waals surface area contributed by atoms with E-state index in [1.807, 2.05) is 0 Å². The van der Waals surface area contributed by atoms with Crippen LogP contribution in [0.25, 0.3) is 0 Å². The van der Waals surface area contributed by atoms with Gasteiger partial charge >= 0.3 is 77.0 Å². The Morgan fingerprint density at radius 1 is 0.960 bits per heavy atom. The minimum absolute atomic E-state index is 0. The van der Waals surface area contributed by atoms with Crippen LogP contribution < -0.4 is 4.74 Å². The van der Waals surface area contributed by atoms with Crippen molar-refractivity contribution in [1.82, 2.24) is 4.98 Å². The van der Waals surface area contributed by atoms with E-state index in [2.05, 4.69) is 4.98 Å². The van der Waals surface area contributed by atoms with Crippen LogP contribution in [0.2, 0.25) is 0 Å². The number of ether oxygens (including phenoxy) is 1. The number of halogens is 1. The first-order valence-corrected chi connectivity index (χ1v) is 6.80. The molecule has 0 unspecified atom stereocenters. The average molecular weight is 384 g/mol. The van der Waals surface area contributed by atoms with Crippen molar-refractivity contribution in [3.05, 3.63) is 58.9 Å². The van der Waals surface area contributed by atoms with Gasteiger partial charge in [0.15, 0.2) is 11.4 Å². The zero-order valence-corrected chi connectivity index (χ0v) is 12.3. The summed E-state index contributed by atoms with van der Waals surface area (Å²) >= 11 is 5.65. The van der Waals surface area contributed by atoms with Gasteiger partial charge in [0.1, 0.15) is 5.69 Å². The molecule has 0 amide bonds. The predicted molar refractivity (Wildman–Crippen MR) is 93.4 cm³/mol. The fraction of sp³-hybridized carbons (Fsp3) is 0.0667. The molecule has 0 saturated heterocycles. The normalized spacial score (nSPS) is 9.32. The Bertz CT molecular complexity index is 782. The zero-order chi connectivity index (χ0) is 17.0. The molecular weight excluding hydrogens is 372 g/mol. The number of rotatable bonds is 5. The summed E-state index contributed by atoms with van der Waals surface area (Å²) in [6.45, 7) is 0. The predicted octanol–water partition coefficient (Wildman–Crippen LogP) is 1.14. The first-order chi connectivity index (χ1) is 10.9. The van der Waals surface area contributed by atoms with E-state index in [-0.39, 0.29) is 70.4 Å². The van der Waals surface area contributed by atoms with Gasteiger partial charge in [0.25, 0.3) is 0 Å². The number of carbonyl (C=O) groups excluding carboxylic acids is 1. The SMILES string of the molecule is O=C(Oc1ccc(C(=O)O)nc1C(=O)O)c1ccc(CCl)cc1.[NaH].[NaH]. The number of benzene rings is 1. The van der Waals surface area contributed by atoms with Gasteiger partial charge in [0, 0.05) is 5.88 Å². The maximum atomic E-state index is 12.0. The van der Waals surface area contributed by atoms with Crippen molar-refractivity contribution in [2.75, 3.05) is 0 Å². The molecule has 0 aliphatic carbocycles. The molecule has 0 aliphatic rings. The fourth-order valence-electron chi connectivity index (χ4n) is 1.69. The van der Waals surface area contributed by atoms with E-state index in [0.29, 0.717) is 5.88 Å². The summed E-state index contributed by atoms with van der Waals surface area (Å²) in [5, 5.41) is 17.9. The van der Waals surface area contributed by atoms with Crippen LogP contribution in [0.5, 0.6) is 5.75 Å². The molecule has 0 fully saturated rings. The van der Waals surface area contributed by atoms with Gasteiger partial charge < -0.3 is 14.9 Å². The topological polar surface area (TPSA) is 114 Å². The van der Waals surface area contributed by atoms with Crippen molar-refractivity contribution in [2.45, 2.75) is 5.88 Å². The number of hydrogen-bond acceptors (Lipinski definition) is 5. The van der Waals surface area contributed by atoms with Crippen LogP contribution in [-0.4, -0.2) is 92.2 Å². The van der Waals surface area contributed by atoms with Crippen LogP contribution in [0.15, 0.2) is 36.4 Å². The van der Waals surface area contributed by atoms with Gasteiger partial charge in [-0.25, -0.2) is 19.4 Å². The maximum absolute atomic E-state index is 12.0. The molecule has 10 heteroatoms. The number of pyridine rings is 1. The Balaban J connectivity index is 0.00000288. The summed E-state index contributed by atoms with van der Waals surface area (Å²) in [6, 6.07) is 8.36. The first kappa shape index (κ1) is 24.1. The summed E-state index contributed by atoms with van der Waals surface area (Å²) in [6.07, 6.45) is 0. The molecule has 0 atom stereocenters. The summed E-state index contributed by atoms with van der Waals surface area (Å²) < 4.78 is 4.99. The molecule has 2 aromatic rings. The van der Waals surface area contributed by atoms with Crippen molar-refractivity contribution in [2.24, 2.45) is 0 Å². The molecule has 1 aromatic heterocycles. The van der Waals surface area contributed by atoms with E-state index >= 15 is 0 Å². The Morgan fingerprint density at radius 2 is 1.56 bits per heavy atom. The molecule has 0 spiro atoms. The van der Waals surface area contributed by atoms with Crippen LogP contribution in [0.1, 0.15) is 36.9 Å². The molecule has 0 aliphatic heterocycles. The molecule has 0 bridgehead atoms. The quantitative estimate of drug-likeness (QED) is 0.452. The first-order valence-electron chi connectivity index (χ1n) is 6.27. The number of alkyl halides is 1. The summed E-state index contributed by atoms with van der Waals surface area (Å²) in [7, 11) is 0. The van der Waals surface area contributed by atoms with E-state index in [1.165, 1.54) is 12.1 Å². The second-order valence-electron chi connectivity index (χ2n) is 4.37. The standard InChI is InChI=1S/C15H10ClNO6.2Na.2H/c16-7-8-1-3-9(4-2-8)15(22)23-11-6-5-10(13(18)19)17-12(11)14(20)21;;;;/h1-6H,7H2,(H,18,19)(H,20,21);;;;. The van der Waals surface area contributed by atoms with Crippen molar-refractivity contribution in [1.29, 1.82) is 0 Å². The van der Waals surface area contributed by atoms with Crippen molar-refractivity contribution in [3.63, 3.8) is 0 Å². The van der Waals surface area contributed by atoms with Gasteiger partial charge in [-0.2, -0.15) is 0 Å². The Morgan fingerprint density at radius 3 is 2.04 bits per heavy atom. The minimum atomic E-state index is -1.51. The number of nitrogens with zero attached hydrogens (tertiary/aromatic N) is 1. The zero-order valence-electron chi connectivity index (χ0n) is 11.5. The van der Waals surface area contributed by atoms with Crippen LogP contribution in [0.4, 0.5) is 0 Å². The Hall–Kier alpha value is -0.930. The number of carbonyl (C=O) groups is 3. The third-order valence-corrected chi connectivity index (χ3v) is 3.14. The van der Waals surface area contributed by atoms with E-state index in [1.54, 1.807) is 12.1 Å². The second-order valence-corrected chi connectivity index (χ2v) is 4.64. The Kier molecular flexibility index (Phi) is 10.5. The Labute approximate surface area is 191 Å². The summed E-state index contributed by atoms with van der Waals surface area (Å²) in [5.74, 6) is -3.73. The van der Waals surface area contributed by atoms with Gasteiger partial charge in [-0.1, -0.05) is 12.1 Å². The molecule has 2 N–H and O–H groups in total. The number of carboxylic acid groups (broad SMARTS) is 2. The van der Waals surface area contributed by atoms with E-state index in [0.717, 1.165) is 17.7 Å². The van der Waals surface area contributed by atoms with Crippen molar-refractivity contribution < 1.29 is 29.3 Å². The molecule has 0 radical (unpaired) electrons. The van der Waals surface area contributed by atoms with Gasteiger partial charge in [-0.15, -0.1) is 11.6 Å². The summed E-state index contributed by atoms with van der Waals surface area (Å²) in [5.41, 5.74) is -0.122. The number of carboxylic acids is 2. The molecule has 122 valence electrons. The van der Waals surface area contributed by atoms with E-state index < -0.39 is 29.3 Å². The molecule has 2 rings (SSSR count). The van der Waals surface area contributed by atoms with Crippen LogP contribution in [0, 0.1) is 0 Å². The third-order valence-electron chi connectivity index (χ3n) is 2.83. The second kappa shape index (κ2) is 10.9. The number of esters is 1. The van der Waals surface area contributed by atoms with Gasteiger partial charge in [0.05, 0.1) is 5.56 Å². The molecule has 1 aromatic carbocycles. The monoisotopic (exact) mass is 383 g/mol. The van der Waals surface area contributed by atoms with Gasteiger partial charge in [-0.05, 0) is 29.8 Å². The van der Waals surface area contributed by atoms with Crippen LogP contribution >= 0.6 is 11.6 Å². The van der Waals surface area contributed by atoms with E-state index in [9.17, 15) is 14.4 Å². The molecular formula is C15H12ClNNa2O6. The molecule has 7 nitrogen and oxygen atoms in total. The van der Waals surface area contributed by atoms with Gasteiger partial charge in [-0.3, -0.25) is 0 Å². The van der Waals surface area contributed by atoms with Crippen LogP contribution in [-0.2, 0) is 5.88 Å². The number of aromatic nitrogens is 1. The third kappa shape index (κ3) is 6.38. The molecule has 0 saturated carbocycles. The average Bonchev–Trinajstić information content (AvgIpc) is 2.54. The van der Waals surface area contributed by atoms with Crippen molar-refractivity contribution >= 4 is 88.6 Å². The fourth-order valence-corrected chi connectivity index (χ4v) is 1.87.